The molecule has 0 unspecified atom stereocenters. The predicted molar refractivity (Wildman–Crippen MR) is 104 cm³/mol. The summed E-state index contributed by atoms with van der Waals surface area (Å²) in [4.78, 5) is 17.5. The first-order valence-electron chi connectivity index (χ1n) is 10.5. The Hall–Kier alpha value is -1.91. The van der Waals surface area contributed by atoms with Crippen LogP contribution in [0.3, 0.4) is 0 Å². The van der Waals surface area contributed by atoms with Crippen molar-refractivity contribution in [2.24, 2.45) is 5.92 Å². The molecule has 2 aromatic heterocycles. The number of hydrogen-bond donors (Lipinski definition) is 2. The van der Waals surface area contributed by atoms with Crippen molar-refractivity contribution in [2.45, 2.75) is 83.0 Å². The standard InChI is InChI=1S/C21H30N4O/c26-21(16-11-5-2-1-3-6-12-16)24-18-14-22-20-17(13-23-25-20)19(18)15-9-7-4-8-10-15/h13-16H,1-12H2,(H,24,26)(H,22,23,25). The number of carbonyl (C=O) groups excluding carboxylic acids is 1. The molecule has 5 heteroatoms. The van der Waals surface area contributed by atoms with E-state index >= 15 is 0 Å². The lowest BCUT2D eigenvalue weighted by molar-refractivity contribution is -0.120. The maximum Gasteiger partial charge on any atom is 0.227 e. The number of carbonyl (C=O) groups is 1. The second kappa shape index (κ2) is 8.19. The van der Waals surface area contributed by atoms with Gasteiger partial charge in [-0.3, -0.25) is 9.89 Å². The highest BCUT2D eigenvalue weighted by molar-refractivity contribution is 5.96. The molecule has 2 aromatic rings. The van der Waals surface area contributed by atoms with Crippen LogP contribution in [0.25, 0.3) is 11.0 Å². The van der Waals surface area contributed by atoms with Gasteiger partial charge in [-0.1, -0.05) is 51.4 Å². The zero-order chi connectivity index (χ0) is 17.8. The van der Waals surface area contributed by atoms with Crippen molar-refractivity contribution < 1.29 is 4.79 Å². The minimum Gasteiger partial charge on any atom is -0.324 e. The fourth-order valence-electron chi connectivity index (χ4n) is 4.80. The van der Waals surface area contributed by atoms with Crippen LogP contribution in [0.1, 0.15) is 88.5 Å². The summed E-state index contributed by atoms with van der Waals surface area (Å²) in [5, 5.41) is 11.5. The Morgan fingerprint density at radius 2 is 1.58 bits per heavy atom. The van der Waals surface area contributed by atoms with Gasteiger partial charge in [0, 0.05) is 11.3 Å². The van der Waals surface area contributed by atoms with E-state index in [1.807, 2.05) is 12.4 Å². The molecule has 5 nitrogen and oxygen atoms in total. The molecule has 1 amide bonds. The maximum absolute atomic E-state index is 13.0. The number of nitrogens with one attached hydrogen (secondary N) is 2. The van der Waals surface area contributed by atoms with Crippen molar-refractivity contribution in [3.8, 4) is 0 Å². The smallest absolute Gasteiger partial charge is 0.227 e. The Morgan fingerprint density at radius 3 is 2.35 bits per heavy atom. The first-order valence-corrected chi connectivity index (χ1v) is 10.5. The predicted octanol–water partition coefficient (Wildman–Crippen LogP) is 5.30. The number of aromatic nitrogens is 3. The van der Waals surface area contributed by atoms with Gasteiger partial charge in [0.15, 0.2) is 5.65 Å². The number of hydrogen-bond acceptors (Lipinski definition) is 3. The lowest BCUT2D eigenvalue weighted by Crippen LogP contribution is -2.25. The molecule has 0 aromatic carbocycles. The zero-order valence-corrected chi connectivity index (χ0v) is 15.6. The molecule has 26 heavy (non-hydrogen) atoms. The average Bonchev–Trinajstić information content (AvgIpc) is 3.10. The van der Waals surface area contributed by atoms with Crippen LogP contribution in [0.2, 0.25) is 0 Å². The second-order valence-corrected chi connectivity index (χ2v) is 8.08. The maximum atomic E-state index is 13.0. The topological polar surface area (TPSA) is 70.7 Å². The largest absolute Gasteiger partial charge is 0.324 e. The van der Waals surface area contributed by atoms with Crippen molar-refractivity contribution in [3.05, 3.63) is 18.0 Å². The number of amides is 1. The third kappa shape index (κ3) is 3.76. The summed E-state index contributed by atoms with van der Waals surface area (Å²) in [6, 6.07) is 0. The number of pyridine rings is 1. The van der Waals surface area contributed by atoms with Gasteiger partial charge in [-0.2, -0.15) is 5.10 Å². The van der Waals surface area contributed by atoms with E-state index in [-0.39, 0.29) is 11.8 Å². The van der Waals surface area contributed by atoms with Gasteiger partial charge >= 0.3 is 0 Å². The van der Waals surface area contributed by atoms with Crippen LogP contribution in [0.4, 0.5) is 5.69 Å². The molecule has 2 aliphatic carbocycles. The summed E-state index contributed by atoms with van der Waals surface area (Å²) in [5.74, 6) is 0.836. The molecular formula is C21H30N4O. The van der Waals surface area contributed by atoms with E-state index in [1.165, 1.54) is 69.8 Å². The first-order chi connectivity index (χ1) is 12.8. The molecule has 0 saturated heterocycles. The van der Waals surface area contributed by atoms with Gasteiger partial charge in [0.25, 0.3) is 0 Å². The zero-order valence-electron chi connectivity index (χ0n) is 15.6. The summed E-state index contributed by atoms with van der Waals surface area (Å²) in [7, 11) is 0. The van der Waals surface area contributed by atoms with Crippen LogP contribution in [0, 0.1) is 5.92 Å². The van der Waals surface area contributed by atoms with Crippen molar-refractivity contribution >= 4 is 22.6 Å². The highest BCUT2D eigenvalue weighted by atomic mass is 16.1. The molecule has 0 spiro atoms. The van der Waals surface area contributed by atoms with Crippen LogP contribution in [-0.4, -0.2) is 21.1 Å². The Labute approximate surface area is 155 Å². The molecule has 2 fully saturated rings. The van der Waals surface area contributed by atoms with Crippen LogP contribution in [0.5, 0.6) is 0 Å². The van der Waals surface area contributed by atoms with E-state index in [1.54, 1.807) is 0 Å². The number of nitrogens with zero attached hydrogens (tertiary/aromatic N) is 2. The molecule has 4 rings (SSSR count). The lowest BCUT2D eigenvalue weighted by Gasteiger charge is -2.26. The van der Waals surface area contributed by atoms with E-state index in [9.17, 15) is 4.79 Å². The summed E-state index contributed by atoms with van der Waals surface area (Å²) in [5.41, 5.74) is 3.00. The molecule has 0 radical (unpaired) electrons. The average molecular weight is 354 g/mol. The minimum atomic E-state index is 0.148. The van der Waals surface area contributed by atoms with Crippen molar-refractivity contribution in [2.75, 3.05) is 5.32 Å². The third-order valence-electron chi connectivity index (χ3n) is 6.27. The Bertz CT molecular complexity index is 740. The second-order valence-electron chi connectivity index (χ2n) is 8.08. The monoisotopic (exact) mass is 354 g/mol. The van der Waals surface area contributed by atoms with Crippen LogP contribution < -0.4 is 5.32 Å². The van der Waals surface area contributed by atoms with Gasteiger partial charge in [-0.15, -0.1) is 0 Å². The number of fused-ring (bicyclic) bond motifs is 1. The SMILES string of the molecule is O=C(Nc1cnc2[nH]ncc2c1C1CCCCC1)C1CCCCCCC1. The van der Waals surface area contributed by atoms with Gasteiger partial charge in [-0.05, 0) is 37.2 Å². The summed E-state index contributed by atoms with van der Waals surface area (Å²) < 4.78 is 0. The molecule has 2 saturated carbocycles. The lowest BCUT2D eigenvalue weighted by atomic mass is 9.82. The molecule has 0 bridgehead atoms. The summed E-state index contributed by atoms with van der Waals surface area (Å²) in [6.07, 6.45) is 18.2. The number of anilines is 1. The first kappa shape index (κ1) is 17.5. The van der Waals surface area contributed by atoms with Gasteiger partial charge in [0.2, 0.25) is 5.91 Å². The van der Waals surface area contributed by atoms with Crippen molar-refractivity contribution in [3.63, 3.8) is 0 Å². The van der Waals surface area contributed by atoms with Gasteiger partial charge in [0.1, 0.15) is 0 Å². The van der Waals surface area contributed by atoms with Crippen molar-refractivity contribution in [1.29, 1.82) is 0 Å². The quantitative estimate of drug-likeness (QED) is 0.785. The van der Waals surface area contributed by atoms with Crippen molar-refractivity contribution in [1.82, 2.24) is 15.2 Å². The molecule has 0 aliphatic heterocycles. The highest BCUT2D eigenvalue weighted by Crippen LogP contribution is 2.40. The number of aromatic amines is 1. The van der Waals surface area contributed by atoms with Crippen LogP contribution >= 0.6 is 0 Å². The van der Waals surface area contributed by atoms with Gasteiger partial charge in [0.05, 0.1) is 18.1 Å². The van der Waals surface area contributed by atoms with Crippen LogP contribution in [-0.2, 0) is 4.79 Å². The summed E-state index contributed by atoms with van der Waals surface area (Å²) >= 11 is 0. The van der Waals surface area contributed by atoms with E-state index in [0.29, 0.717) is 5.92 Å². The fourth-order valence-corrected chi connectivity index (χ4v) is 4.80. The number of H-pyrrole nitrogens is 1. The van der Waals surface area contributed by atoms with Crippen LogP contribution in [0.15, 0.2) is 12.4 Å². The van der Waals surface area contributed by atoms with E-state index in [0.717, 1.165) is 29.6 Å². The highest BCUT2D eigenvalue weighted by Gasteiger charge is 2.25. The normalized spacial score (nSPS) is 20.6. The van der Waals surface area contributed by atoms with E-state index < -0.39 is 0 Å². The Kier molecular flexibility index (Phi) is 5.51. The Morgan fingerprint density at radius 1 is 0.923 bits per heavy atom. The van der Waals surface area contributed by atoms with E-state index in [4.69, 9.17) is 0 Å². The molecule has 2 heterocycles. The molecule has 2 N–H and O–H groups in total. The molecule has 2 aliphatic rings. The third-order valence-corrected chi connectivity index (χ3v) is 6.27. The molecular weight excluding hydrogens is 324 g/mol. The number of rotatable bonds is 3. The minimum absolute atomic E-state index is 0.148. The van der Waals surface area contributed by atoms with Gasteiger partial charge < -0.3 is 5.32 Å². The van der Waals surface area contributed by atoms with Gasteiger partial charge in [-0.25, -0.2) is 4.98 Å². The summed E-state index contributed by atoms with van der Waals surface area (Å²) in [6.45, 7) is 0. The molecule has 0 atom stereocenters. The van der Waals surface area contributed by atoms with E-state index in [2.05, 4.69) is 20.5 Å². The Balaban J connectivity index is 1.59. The molecule has 140 valence electrons. The fraction of sp³-hybridized carbons (Fsp3) is 0.667.